The predicted octanol–water partition coefficient (Wildman–Crippen LogP) is 2.50. The van der Waals surface area contributed by atoms with Crippen molar-refractivity contribution in [3.8, 4) is 0 Å². The number of rotatable bonds is 4. The Morgan fingerprint density at radius 1 is 1.29 bits per heavy atom. The fourth-order valence-electron chi connectivity index (χ4n) is 2.49. The lowest BCUT2D eigenvalue weighted by Crippen LogP contribution is -2.23. The number of nitrogen functional groups attached to an aromatic ring is 1. The second-order valence-corrected chi connectivity index (χ2v) is 7.07. The van der Waals surface area contributed by atoms with E-state index in [1.54, 1.807) is 17.8 Å². The second-order valence-electron chi connectivity index (χ2n) is 5.86. The number of nitrogens with zero attached hydrogens (tertiary/aromatic N) is 5. The SMILES string of the molecule is Cc1sc(NC(=O)C(C)n2cnc3c(N)ncnc32)nc1C(C)C. The van der Waals surface area contributed by atoms with Gasteiger partial charge in [0.15, 0.2) is 16.6 Å². The molecule has 1 amide bonds. The highest BCUT2D eigenvalue weighted by molar-refractivity contribution is 7.15. The average Bonchev–Trinajstić information content (AvgIpc) is 3.11. The Balaban J connectivity index is 1.84. The number of nitrogens with one attached hydrogen (secondary N) is 1. The van der Waals surface area contributed by atoms with Crippen LogP contribution in [0, 0.1) is 6.92 Å². The molecule has 1 atom stereocenters. The number of hydrogen-bond acceptors (Lipinski definition) is 7. The van der Waals surface area contributed by atoms with E-state index >= 15 is 0 Å². The zero-order chi connectivity index (χ0) is 17.4. The number of fused-ring (bicyclic) bond motifs is 1. The normalized spacial score (nSPS) is 12.7. The molecule has 0 saturated heterocycles. The molecule has 0 aliphatic heterocycles. The van der Waals surface area contributed by atoms with Crippen LogP contribution < -0.4 is 11.1 Å². The number of anilines is 2. The molecule has 0 bridgehead atoms. The van der Waals surface area contributed by atoms with Crippen LogP contribution in [-0.4, -0.2) is 30.4 Å². The van der Waals surface area contributed by atoms with Crippen molar-refractivity contribution < 1.29 is 4.79 Å². The Morgan fingerprint density at radius 3 is 2.71 bits per heavy atom. The van der Waals surface area contributed by atoms with Gasteiger partial charge in [0.1, 0.15) is 17.9 Å². The van der Waals surface area contributed by atoms with Gasteiger partial charge in [0, 0.05) is 4.88 Å². The van der Waals surface area contributed by atoms with Gasteiger partial charge < -0.3 is 15.6 Å². The summed E-state index contributed by atoms with van der Waals surface area (Å²) in [5.41, 5.74) is 7.81. The Labute approximate surface area is 143 Å². The van der Waals surface area contributed by atoms with Gasteiger partial charge in [0.05, 0.1) is 12.0 Å². The summed E-state index contributed by atoms with van der Waals surface area (Å²) < 4.78 is 1.67. The second kappa shape index (κ2) is 6.16. The van der Waals surface area contributed by atoms with Crippen LogP contribution in [0.1, 0.15) is 43.3 Å². The molecule has 24 heavy (non-hydrogen) atoms. The van der Waals surface area contributed by atoms with Gasteiger partial charge in [-0.05, 0) is 19.8 Å². The molecule has 8 nitrogen and oxygen atoms in total. The zero-order valence-electron chi connectivity index (χ0n) is 13.9. The van der Waals surface area contributed by atoms with Crippen molar-refractivity contribution in [2.24, 2.45) is 0 Å². The summed E-state index contributed by atoms with van der Waals surface area (Å²) in [7, 11) is 0. The number of hydrogen-bond donors (Lipinski definition) is 2. The Morgan fingerprint density at radius 2 is 2.04 bits per heavy atom. The number of imidazole rings is 1. The maximum Gasteiger partial charge on any atom is 0.249 e. The first-order chi connectivity index (χ1) is 11.4. The van der Waals surface area contributed by atoms with Gasteiger partial charge >= 0.3 is 0 Å². The Kier molecular flexibility index (Phi) is 4.18. The number of aromatic nitrogens is 5. The standard InChI is InChI=1S/C15H19N7OS/c1-7(2)10-9(4)24-15(20-10)21-14(23)8(3)22-6-19-11-12(16)17-5-18-13(11)22/h5-8H,1-4H3,(H2,16,17,18)(H,20,21,23). The topological polar surface area (TPSA) is 112 Å². The highest BCUT2D eigenvalue weighted by atomic mass is 32.1. The monoisotopic (exact) mass is 345 g/mol. The number of amides is 1. The van der Waals surface area contributed by atoms with Crippen molar-refractivity contribution >= 4 is 39.4 Å². The summed E-state index contributed by atoms with van der Waals surface area (Å²) in [4.78, 5) is 30.4. The molecule has 0 fully saturated rings. The fraction of sp³-hybridized carbons (Fsp3) is 0.400. The lowest BCUT2D eigenvalue weighted by atomic mass is 10.1. The minimum absolute atomic E-state index is 0.185. The largest absolute Gasteiger partial charge is 0.382 e. The molecule has 0 aliphatic rings. The van der Waals surface area contributed by atoms with Crippen LogP contribution in [0.4, 0.5) is 10.9 Å². The quantitative estimate of drug-likeness (QED) is 0.751. The van der Waals surface area contributed by atoms with Gasteiger partial charge in [-0.2, -0.15) is 0 Å². The van der Waals surface area contributed by atoms with Gasteiger partial charge in [-0.3, -0.25) is 4.79 Å². The van der Waals surface area contributed by atoms with E-state index in [0.29, 0.717) is 28.0 Å². The molecule has 9 heteroatoms. The van der Waals surface area contributed by atoms with Crippen molar-refractivity contribution in [2.75, 3.05) is 11.1 Å². The van der Waals surface area contributed by atoms with Gasteiger partial charge in [-0.1, -0.05) is 13.8 Å². The smallest absolute Gasteiger partial charge is 0.249 e. The molecule has 3 heterocycles. The molecular weight excluding hydrogens is 326 g/mol. The maximum absolute atomic E-state index is 12.6. The molecule has 0 radical (unpaired) electrons. The zero-order valence-corrected chi connectivity index (χ0v) is 14.8. The van der Waals surface area contributed by atoms with E-state index in [4.69, 9.17) is 5.73 Å². The molecule has 3 aromatic heterocycles. The highest BCUT2D eigenvalue weighted by Crippen LogP contribution is 2.28. The van der Waals surface area contributed by atoms with Gasteiger partial charge in [-0.25, -0.2) is 19.9 Å². The number of carbonyl (C=O) groups excluding carboxylic acids is 1. The van der Waals surface area contributed by atoms with Crippen LogP contribution in [0.2, 0.25) is 0 Å². The van der Waals surface area contributed by atoms with Crippen molar-refractivity contribution in [3.05, 3.63) is 23.2 Å². The molecule has 126 valence electrons. The van der Waals surface area contributed by atoms with E-state index in [1.807, 2.05) is 6.92 Å². The van der Waals surface area contributed by atoms with E-state index < -0.39 is 6.04 Å². The summed E-state index contributed by atoms with van der Waals surface area (Å²) in [6, 6.07) is -0.504. The Hall–Kier alpha value is -2.55. The molecule has 3 N–H and O–H groups in total. The predicted molar refractivity (Wildman–Crippen MR) is 94.0 cm³/mol. The third-order valence-corrected chi connectivity index (χ3v) is 4.70. The molecule has 0 aliphatic carbocycles. The lowest BCUT2D eigenvalue weighted by Gasteiger charge is -2.12. The van der Waals surface area contributed by atoms with Gasteiger partial charge in [-0.15, -0.1) is 11.3 Å². The lowest BCUT2D eigenvalue weighted by molar-refractivity contribution is -0.118. The fourth-order valence-corrected chi connectivity index (χ4v) is 3.46. The first-order valence-corrected chi connectivity index (χ1v) is 8.41. The van der Waals surface area contributed by atoms with E-state index in [9.17, 15) is 4.79 Å². The Bertz CT molecular complexity index is 898. The molecule has 0 spiro atoms. The highest BCUT2D eigenvalue weighted by Gasteiger charge is 2.21. The van der Waals surface area contributed by atoms with Gasteiger partial charge in [0.25, 0.3) is 0 Å². The third kappa shape index (κ3) is 2.82. The van der Waals surface area contributed by atoms with E-state index in [0.717, 1.165) is 10.6 Å². The summed E-state index contributed by atoms with van der Waals surface area (Å²) in [5.74, 6) is 0.431. The number of carbonyl (C=O) groups is 1. The molecule has 1 unspecified atom stereocenters. The van der Waals surface area contributed by atoms with Crippen molar-refractivity contribution in [1.82, 2.24) is 24.5 Å². The van der Waals surface area contributed by atoms with Crippen molar-refractivity contribution in [2.45, 2.75) is 39.7 Å². The van der Waals surface area contributed by atoms with E-state index in [-0.39, 0.29) is 5.91 Å². The minimum Gasteiger partial charge on any atom is -0.382 e. The first-order valence-electron chi connectivity index (χ1n) is 7.59. The average molecular weight is 345 g/mol. The number of thiazole rings is 1. The molecular formula is C15H19N7OS. The van der Waals surface area contributed by atoms with E-state index in [2.05, 4.69) is 39.1 Å². The van der Waals surface area contributed by atoms with Crippen LogP contribution in [-0.2, 0) is 4.79 Å². The van der Waals surface area contributed by atoms with Crippen LogP contribution in [0.25, 0.3) is 11.2 Å². The number of aryl methyl sites for hydroxylation is 1. The maximum atomic E-state index is 12.6. The summed E-state index contributed by atoms with van der Waals surface area (Å²) >= 11 is 1.48. The summed E-state index contributed by atoms with van der Waals surface area (Å²) in [6.45, 7) is 7.95. The summed E-state index contributed by atoms with van der Waals surface area (Å²) in [6.07, 6.45) is 2.91. The molecule has 0 saturated carbocycles. The van der Waals surface area contributed by atoms with Crippen LogP contribution in [0.3, 0.4) is 0 Å². The molecule has 3 rings (SSSR count). The van der Waals surface area contributed by atoms with Crippen molar-refractivity contribution in [3.63, 3.8) is 0 Å². The molecule has 3 aromatic rings. The van der Waals surface area contributed by atoms with E-state index in [1.165, 1.54) is 17.7 Å². The van der Waals surface area contributed by atoms with Crippen LogP contribution >= 0.6 is 11.3 Å². The van der Waals surface area contributed by atoms with Crippen molar-refractivity contribution in [1.29, 1.82) is 0 Å². The summed E-state index contributed by atoms with van der Waals surface area (Å²) in [5, 5.41) is 3.47. The van der Waals surface area contributed by atoms with Crippen LogP contribution in [0.15, 0.2) is 12.7 Å². The molecule has 0 aromatic carbocycles. The first kappa shape index (κ1) is 16.3. The number of nitrogens with two attached hydrogens (primary N) is 1. The van der Waals surface area contributed by atoms with Crippen LogP contribution in [0.5, 0.6) is 0 Å². The third-order valence-electron chi connectivity index (χ3n) is 3.79. The minimum atomic E-state index is -0.504. The van der Waals surface area contributed by atoms with Gasteiger partial charge in [0.2, 0.25) is 5.91 Å².